The molecule has 0 aliphatic carbocycles. The summed E-state index contributed by atoms with van der Waals surface area (Å²) in [6.07, 6.45) is -0.713. The van der Waals surface area contributed by atoms with Crippen molar-refractivity contribution in [3.05, 3.63) is 65.2 Å². The predicted molar refractivity (Wildman–Crippen MR) is 79.6 cm³/mol. The summed E-state index contributed by atoms with van der Waals surface area (Å²) in [4.78, 5) is 11.1. The number of aliphatic hydroxyl groups is 1. The number of anilines is 1. The summed E-state index contributed by atoms with van der Waals surface area (Å²) in [6.45, 7) is 0.286. The maximum absolute atomic E-state index is 11.1. The lowest BCUT2D eigenvalue weighted by atomic mass is 10.1. The molecule has 1 unspecified atom stereocenters. The van der Waals surface area contributed by atoms with Crippen LogP contribution < -0.4 is 11.1 Å². The molecule has 5 heteroatoms. The van der Waals surface area contributed by atoms with Crippen molar-refractivity contribution < 1.29 is 9.90 Å². The van der Waals surface area contributed by atoms with Crippen LogP contribution in [0.5, 0.6) is 0 Å². The van der Waals surface area contributed by atoms with Gasteiger partial charge >= 0.3 is 0 Å². The Balaban J connectivity index is 2.00. The first kappa shape index (κ1) is 14.6. The normalized spacial score (nSPS) is 11.4. The summed E-state index contributed by atoms with van der Waals surface area (Å²) in [7, 11) is 0. The Kier molecular flexibility index (Phi) is 4.54. The van der Waals surface area contributed by atoms with E-state index in [2.05, 4.69) is 5.32 Å². The van der Waals surface area contributed by atoms with Crippen LogP contribution in [0.3, 0.4) is 0 Å². The topological polar surface area (TPSA) is 99.1 Å². The molecule has 2 aromatic carbocycles. The highest BCUT2D eigenvalue weighted by Crippen LogP contribution is 2.16. The minimum absolute atomic E-state index is 0.286. The Morgan fingerprint density at radius 2 is 2.00 bits per heavy atom. The van der Waals surface area contributed by atoms with Crippen molar-refractivity contribution in [2.45, 2.75) is 6.10 Å². The van der Waals surface area contributed by atoms with Crippen LogP contribution in [-0.2, 0) is 0 Å². The Hall–Kier alpha value is -2.84. The number of nitriles is 1. The first-order valence-corrected chi connectivity index (χ1v) is 6.42. The third-order valence-electron chi connectivity index (χ3n) is 3.07. The molecule has 0 radical (unpaired) electrons. The van der Waals surface area contributed by atoms with Gasteiger partial charge in [0.2, 0.25) is 5.91 Å². The Morgan fingerprint density at radius 3 is 2.62 bits per heavy atom. The van der Waals surface area contributed by atoms with E-state index in [9.17, 15) is 9.90 Å². The van der Waals surface area contributed by atoms with Crippen molar-refractivity contribution in [1.82, 2.24) is 0 Å². The van der Waals surface area contributed by atoms with Gasteiger partial charge in [-0.25, -0.2) is 0 Å². The van der Waals surface area contributed by atoms with E-state index in [1.54, 1.807) is 48.5 Å². The quantitative estimate of drug-likeness (QED) is 0.778. The molecule has 1 atom stereocenters. The fraction of sp³-hybridized carbons (Fsp3) is 0.125. The molecule has 2 rings (SSSR count). The molecule has 2 aromatic rings. The van der Waals surface area contributed by atoms with Crippen LogP contribution in [0.2, 0.25) is 0 Å². The number of rotatable bonds is 5. The van der Waals surface area contributed by atoms with E-state index in [0.29, 0.717) is 22.4 Å². The second-order valence-electron chi connectivity index (χ2n) is 4.58. The number of hydrogen-bond acceptors (Lipinski definition) is 4. The van der Waals surface area contributed by atoms with Gasteiger partial charge in [-0.2, -0.15) is 5.26 Å². The van der Waals surface area contributed by atoms with Crippen molar-refractivity contribution in [1.29, 1.82) is 5.26 Å². The number of amides is 1. The van der Waals surface area contributed by atoms with Gasteiger partial charge in [0, 0.05) is 17.8 Å². The molecule has 0 heterocycles. The molecule has 21 heavy (non-hydrogen) atoms. The van der Waals surface area contributed by atoms with Gasteiger partial charge in [-0.15, -0.1) is 0 Å². The molecular weight excluding hydrogens is 266 g/mol. The minimum Gasteiger partial charge on any atom is -0.387 e. The Morgan fingerprint density at radius 1 is 1.29 bits per heavy atom. The average Bonchev–Trinajstić information content (AvgIpc) is 2.53. The molecule has 106 valence electrons. The first-order chi connectivity index (χ1) is 10.1. The second kappa shape index (κ2) is 6.55. The third kappa shape index (κ3) is 3.81. The molecule has 0 fully saturated rings. The van der Waals surface area contributed by atoms with E-state index in [1.807, 2.05) is 6.07 Å². The first-order valence-electron chi connectivity index (χ1n) is 6.42. The SMILES string of the molecule is N#Cc1ccc(C(O)CNc2cccc(C(N)=O)c2)cc1. The van der Waals surface area contributed by atoms with E-state index < -0.39 is 12.0 Å². The van der Waals surface area contributed by atoms with Gasteiger partial charge in [-0.1, -0.05) is 18.2 Å². The number of primary amides is 1. The highest BCUT2D eigenvalue weighted by atomic mass is 16.3. The van der Waals surface area contributed by atoms with Crippen LogP contribution in [-0.4, -0.2) is 17.6 Å². The third-order valence-corrected chi connectivity index (χ3v) is 3.07. The zero-order valence-corrected chi connectivity index (χ0v) is 11.3. The molecule has 0 spiro atoms. The average molecular weight is 281 g/mol. The number of carbonyl (C=O) groups excluding carboxylic acids is 1. The van der Waals surface area contributed by atoms with Gasteiger partial charge in [-0.3, -0.25) is 4.79 Å². The van der Waals surface area contributed by atoms with Gasteiger partial charge in [0.15, 0.2) is 0 Å². The standard InChI is InChI=1S/C16H15N3O2/c17-9-11-4-6-12(7-5-11)15(20)10-19-14-3-1-2-13(8-14)16(18)21/h1-8,15,19-20H,10H2,(H2,18,21). The van der Waals surface area contributed by atoms with Crippen LogP contribution in [0.1, 0.15) is 27.6 Å². The van der Waals surface area contributed by atoms with Crippen molar-refractivity contribution in [3.63, 3.8) is 0 Å². The maximum Gasteiger partial charge on any atom is 0.248 e. The predicted octanol–water partition coefficient (Wildman–Crippen LogP) is 1.80. The molecule has 0 aliphatic rings. The van der Waals surface area contributed by atoms with E-state index in [1.165, 1.54) is 0 Å². The number of hydrogen-bond donors (Lipinski definition) is 3. The van der Waals surface area contributed by atoms with Gasteiger partial charge in [0.05, 0.1) is 17.7 Å². The fourth-order valence-electron chi connectivity index (χ4n) is 1.89. The van der Waals surface area contributed by atoms with Crippen LogP contribution in [0.4, 0.5) is 5.69 Å². The van der Waals surface area contributed by atoms with E-state index in [-0.39, 0.29) is 6.54 Å². The molecule has 0 aliphatic heterocycles. The fourth-order valence-corrected chi connectivity index (χ4v) is 1.89. The lowest BCUT2D eigenvalue weighted by molar-refractivity contribution is 0.100. The maximum atomic E-state index is 11.1. The minimum atomic E-state index is -0.713. The molecule has 0 saturated carbocycles. The van der Waals surface area contributed by atoms with E-state index in [0.717, 1.165) is 0 Å². The van der Waals surface area contributed by atoms with Crippen molar-refractivity contribution in [2.75, 3.05) is 11.9 Å². The van der Waals surface area contributed by atoms with Gasteiger partial charge < -0.3 is 16.2 Å². The van der Waals surface area contributed by atoms with Crippen molar-refractivity contribution in [2.24, 2.45) is 5.73 Å². The summed E-state index contributed by atoms with van der Waals surface area (Å²) in [5.74, 6) is -0.494. The molecule has 4 N–H and O–H groups in total. The molecule has 0 saturated heterocycles. The second-order valence-corrected chi connectivity index (χ2v) is 4.58. The van der Waals surface area contributed by atoms with Crippen LogP contribution in [0.15, 0.2) is 48.5 Å². The number of nitrogens with one attached hydrogen (secondary N) is 1. The lowest BCUT2D eigenvalue weighted by Gasteiger charge is -2.13. The van der Waals surface area contributed by atoms with E-state index in [4.69, 9.17) is 11.0 Å². The largest absolute Gasteiger partial charge is 0.387 e. The van der Waals surface area contributed by atoms with E-state index >= 15 is 0 Å². The molecular formula is C16H15N3O2. The molecule has 5 nitrogen and oxygen atoms in total. The zero-order valence-electron chi connectivity index (χ0n) is 11.3. The van der Waals surface area contributed by atoms with Crippen LogP contribution in [0.25, 0.3) is 0 Å². The monoisotopic (exact) mass is 281 g/mol. The summed E-state index contributed by atoms with van der Waals surface area (Å²) in [6, 6.07) is 15.5. The molecule has 0 bridgehead atoms. The Bertz CT molecular complexity index is 675. The van der Waals surface area contributed by atoms with Gasteiger partial charge in [0.1, 0.15) is 0 Å². The summed E-state index contributed by atoms with van der Waals surface area (Å²) >= 11 is 0. The number of aliphatic hydroxyl groups excluding tert-OH is 1. The number of carbonyl (C=O) groups is 1. The number of nitrogens with zero attached hydrogens (tertiary/aromatic N) is 1. The van der Waals surface area contributed by atoms with Crippen molar-refractivity contribution >= 4 is 11.6 Å². The molecule has 1 amide bonds. The highest BCUT2D eigenvalue weighted by Gasteiger charge is 2.08. The van der Waals surface area contributed by atoms with Gasteiger partial charge in [-0.05, 0) is 35.9 Å². The number of nitrogens with two attached hydrogens (primary N) is 1. The smallest absolute Gasteiger partial charge is 0.248 e. The van der Waals surface area contributed by atoms with Crippen LogP contribution >= 0.6 is 0 Å². The van der Waals surface area contributed by atoms with Crippen LogP contribution in [0, 0.1) is 11.3 Å². The van der Waals surface area contributed by atoms with Gasteiger partial charge in [0.25, 0.3) is 0 Å². The number of benzene rings is 2. The zero-order chi connectivity index (χ0) is 15.2. The van der Waals surface area contributed by atoms with Crippen molar-refractivity contribution in [3.8, 4) is 6.07 Å². The summed E-state index contributed by atoms with van der Waals surface area (Å²) in [5, 5.41) is 21.9. The summed E-state index contributed by atoms with van der Waals surface area (Å²) in [5.41, 5.74) is 7.60. The summed E-state index contributed by atoms with van der Waals surface area (Å²) < 4.78 is 0. The molecule has 0 aromatic heterocycles. The lowest BCUT2D eigenvalue weighted by Crippen LogP contribution is -2.14. The Labute approximate surface area is 122 Å². The highest BCUT2D eigenvalue weighted by molar-refractivity contribution is 5.93.